The molecule has 0 spiro atoms. The first-order valence-electron chi connectivity index (χ1n) is 5.37. The first kappa shape index (κ1) is 13.2. The van der Waals surface area contributed by atoms with E-state index in [-0.39, 0.29) is 0 Å². The van der Waals surface area contributed by atoms with Crippen LogP contribution in [-0.4, -0.2) is 31.7 Å². The van der Waals surface area contributed by atoms with E-state index in [0.717, 1.165) is 24.1 Å². The molecule has 0 amide bonds. The largest absolute Gasteiger partial charge is 0.464 e. The lowest BCUT2D eigenvalue weighted by atomic mass is 10.1. The van der Waals surface area contributed by atoms with Crippen LogP contribution in [0.15, 0.2) is 12.3 Å². The molecule has 0 atom stereocenters. The molecular weight excluding hydrogens is 216 g/mol. The Kier molecular flexibility index (Phi) is 5.18. The molecule has 1 aromatic rings. The molecule has 0 aliphatic rings. The van der Waals surface area contributed by atoms with Crippen molar-refractivity contribution in [1.82, 2.24) is 10.3 Å². The molecule has 1 rings (SSSR count). The second kappa shape index (κ2) is 6.66. The number of nitrogens with zero attached hydrogens (tertiary/aromatic N) is 1. The molecule has 0 aromatic carbocycles. The van der Waals surface area contributed by atoms with E-state index in [2.05, 4.69) is 26.9 Å². The lowest BCUT2D eigenvalue weighted by Gasteiger charge is -2.02. The number of methoxy groups -OCH3 is 1. The maximum atomic E-state index is 11.3. The number of aromatic nitrogens is 1. The van der Waals surface area contributed by atoms with Crippen molar-refractivity contribution in [2.75, 3.05) is 20.7 Å². The van der Waals surface area contributed by atoms with E-state index in [1.807, 2.05) is 20.0 Å². The predicted octanol–water partition coefficient (Wildman–Crippen LogP) is 1.14. The smallest absolute Gasteiger partial charge is 0.356 e. The van der Waals surface area contributed by atoms with Crippen LogP contribution in [0.3, 0.4) is 0 Å². The summed E-state index contributed by atoms with van der Waals surface area (Å²) in [5.41, 5.74) is 1.93. The van der Waals surface area contributed by atoms with Crippen molar-refractivity contribution in [2.45, 2.75) is 13.3 Å². The molecule has 1 heterocycles. The maximum Gasteiger partial charge on any atom is 0.356 e. The van der Waals surface area contributed by atoms with Gasteiger partial charge in [-0.15, -0.1) is 0 Å². The maximum absolute atomic E-state index is 11.3. The Bertz CT molecular complexity index is 458. The third-order valence-electron chi connectivity index (χ3n) is 2.19. The number of ether oxygens (including phenoxy) is 1. The Morgan fingerprint density at radius 2 is 2.35 bits per heavy atom. The van der Waals surface area contributed by atoms with Crippen molar-refractivity contribution < 1.29 is 9.53 Å². The third kappa shape index (κ3) is 3.89. The highest BCUT2D eigenvalue weighted by atomic mass is 16.5. The van der Waals surface area contributed by atoms with Crippen LogP contribution in [0.25, 0.3) is 0 Å². The summed E-state index contributed by atoms with van der Waals surface area (Å²) in [4.78, 5) is 15.4. The van der Waals surface area contributed by atoms with Gasteiger partial charge in [0.25, 0.3) is 0 Å². The number of rotatable bonds is 3. The molecular formula is C13H16N2O2. The Morgan fingerprint density at radius 3 is 2.94 bits per heavy atom. The number of pyridine rings is 1. The number of aryl methyl sites for hydroxylation is 1. The van der Waals surface area contributed by atoms with Gasteiger partial charge in [-0.05, 0) is 25.6 Å². The summed E-state index contributed by atoms with van der Waals surface area (Å²) in [6, 6.07) is 1.84. The monoisotopic (exact) mass is 232 g/mol. The summed E-state index contributed by atoms with van der Waals surface area (Å²) < 4.78 is 4.62. The van der Waals surface area contributed by atoms with E-state index in [0.29, 0.717) is 5.69 Å². The molecule has 0 saturated heterocycles. The van der Waals surface area contributed by atoms with Crippen molar-refractivity contribution in [1.29, 1.82) is 0 Å². The highest BCUT2D eigenvalue weighted by Gasteiger charge is 2.10. The van der Waals surface area contributed by atoms with E-state index in [1.54, 1.807) is 6.20 Å². The third-order valence-corrected chi connectivity index (χ3v) is 2.19. The quantitative estimate of drug-likeness (QED) is 0.482. The predicted molar refractivity (Wildman–Crippen MR) is 65.7 cm³/mol. The number of hydrogen-bond acceptors (Lipinski definition) is 4. The van der Waals surface area contributed by atoms with Crippen LogP contribution in [0.1, 0.15) is 28.0 Å². The zero-order chi connectivity index (χ0) is 12.7. The Labute approximate surface area is 101 Å². The molecule has 0 bridgehead atoms. The first-order chi connectivity index (χ1) is 8.19. The fourth-order valence-electron chi connectivity index (χ4n) is 1.31. The topological polar surface area (TPSA) is 51.2 Å². The number of hydrogen-bond donors (Lipinski definition) is 1. The van der Waals surface area contributed by atoms with Crippen LogP contribution in [-0.2, 0) is 4.74 Å². The SMILES string of the molecule is CNCCC#Cc1cnc(C(=O)OC)c(C)c1. The number of carbonyl (C=O) groups excluding carboxylic acids is 1. The van der Waals surface area contributed by atoms with Gasteiger partial charge in [-0.25, -0.2) is 9.78 Å². The zero-order valence-electron chi connectivity index (χ0n) is 10.3. The fraction of sp³-hybridized carbons (Fsp3) is 0.385. The van der Waals surface area contributed by atoms with E-state index < -0.39 is 5.97 Å². The van der Waals surface area contributed by atoms with Gasteiger partial charge in [-0.2, -0.15) is 0 Å². The lowest BCUT2D eigenvalue weighted by Crippen LogP contribution is -2.07. The molecule has 0 unspecified atom stereocenters. The molecule has 0 radical (unpaired) electrons. The van der Waals surface area contributed by atoms with Gasteiger partial charge in [0.1, 0.15) is 0 Å². The van der Waals surface area contributed by atoms with Crippen LogP contribution in [0.4, 0.5) is 0 Å². The number of esters is 1. The minimum Gasteiger partial charge on any atom is -0.464 e. The highest BCUT2D eigenvalue weighted by molar-refractivity contribution is 5.88. The average molecular weight is 232 g/mol. The van der Waals surface area contributed by atoms with Crippen LogP contribution in [0.5, 0.6) is 0 Å². The normalized spacial score (nSPS) is 9.35. The lowest BCUT2D eigenvalue weighted by molar-refractivity contribution is 0.0593. The zero-order valence-corrected chi connectivity index (χ0v) is 10.3. The summed E-state index contributed by atoms with van der Waals surface area (Å²) in [5, 5.41) is 3.02. The molecule has 0 aliphatic carbocycles. The van der Waals surface area contributed by atoms with Gasteiger partial charge in [0.15, 0.2) is 5.69 Å². The number of carbonyl (C=O) groups is 1. The summed E-state index contributed by atoms with van der Waals surface area (Å²) >= 11 is 0. The highest BCUT2D eigenvalue weighted by Crippen LogP contribution is 2.08. The summed E-state index contributed by atoms with van der Waals surface area (Å²) in [6.45, 7) is 2.68. The van der Waals surface area contributed by atoms with Crippen LogP contribution in [0, 0.1) is 18.8 Å². The van der Waals surface area contributed by atoms with E-state index in [9.17, 15) is 4.79 Å². The van der Waals surface area contributed by atoms with Crippen LogP contribution >= 0.6 is 0 Å². The minimum absolute atomic E-state index is 0.341. The molecule has 0 saturated carbocycles. The Morgan fingerprint density at radius 1 is 1.59 bits per heavy atom. The summed E-state index contributed by atoms with van der Waals surface area (Å²) in [5.74, 6) is 5.60. The Balaban J connectivity index is 2.81. The van der Waals surface area contributed by atoms with Crippen LogP contribution in [0.2, 0.25) is 0 Å². The van der Waals surface area contributed by atoms with Crippen molar-refractivity contribution in [3.05, 3.63) is 29.1 Å². The van der Waals surface area contributed by atoms with Crippen molar-refractivity contribution in [3.8, 4) is 11.8 Å². The molecule has 4 nitrogen and oxygen atoms in total. The summed E-state index contributed by atoms with van der Waals surface area (Å²) in [6.07, 6.45) is 2.37. The van der Waals surface area contributed by atoms with Gasteiger partial charge in [0.05, 0.1) is 7.11 Å². The van der Waals surface area contributed by atoms with E-state index in [1.165, 1.54) is 7.11 Å². The minimum atomic E-state index is -0.419. The molecule has 0 fully saturated rings. The molecule has 17 heavy (non-hydrogen) atoms. The fourth-order valence-corrected chi connectivity index (χ4v) is 1.31. The van der Waals surface area contributed by atoms with Crippen molar-refractivity contribution >= 4 is 5.97 Å². The van der Waals surface area contributed by atoms with Gasteiger partial charge >= 0.3 is 5.97 Å². The van der Waals surface area contributed by atoms with Crippen molar-refractivity contribution in [2.24, 2.45) is 0 Å². The van der Waals surface area contributed by atoms with Gasteiger partial charge < -0.3 is 10.1 Å². The molecule has 0 aliphatic heterocycles. The average Bonchev–Trinajstić information content (AvgIpc) is 2.34. The summed E-state index contributed by atoms with van der Waals surface area (Å²) in [7, 11) is 3.23. The van der Waals surface area contributed by atoms with Gasteiger partial charge in [0, 0.05) is 24.7 Å². The molecule has 4 heteroatoms. The second-order valence-electron chi connectivity index (χ2n) is 3.54. The standard InChI is InChI=1S/C13H16N2O2/c1-10-8-11(6-4-5-7-14-2)9-15-12(10)13(16)17-3/h8-9,14H,5,7H2,1-3H3. The van der Waals surface area contributed by atoms with Gasteiger partial charge in [0.2, 0.25) is 0 Å². The Hall–Kier alpha value is -1.86. The first-order valence-corrected chi connectivity index (χ1v) is 5.37. The van der Waals surface area contributed by atoms with Gasteiger partial charge in [-0.3, -0.25) is 0 Å². The second-order valence-corrected chi connectivity index (χ2v) is 3.54. The van der Waals surface area contributed by atoms with Gasteiger partial charge in [-0.1, -0.05) is 11.8 Å². The molecule has 1 aromatic heterocycles. The number of nitrogens with one attached hydrogen (secondary N) is 1. The van der Waals surface area contributed by atoms with E-state index in [4.69, 9.17) is 0 Å². The van der Waals surface area contributed by atoms with E-state index >= 15 is 0 Å². The molecule has 1 N–H and O–H groups in total. The van der Waals surface area contributed by atoms with Crippen molar-refractivity contribution in [3.63, 3.8) is 0 Å². The molecule has 90 valence electrons. The van der Waals surface area contributed by atoms with Crippen LogP contribution < -0.4 is 5.32 Å².